The fraction of sp³-hybridized carbons (Fsp3) is 0.0667. The van der Waals surface area contributed by atoms with Crippen LogP contribution in [0, 0.1) is 6.92 Å². The van der Waals surface area contributed by atoms with Crippen molar-refractivity contribution in [3.63, 3.8) is 0 Å². The summed E-state index contributed by atoms with van der Waals surface area (Å²) >= 11 is 0. The minimum absolute atomic E-state index is 0.0972. The zero-order valence-corrected chi connectivity index (χ0v) is 11.3. The van der Waals surface area contributed by atoms with E-state index in [4.69, 9.17) is 4.55 Å². The van der Waals surface area contributed by atoms with E-state index >= 15 is 0 Å². The van der Waals surface area contributed by atoms with Crippen molar-refractivity contribution in [2.24, 2.45) is 0 Å². The molecular weight excluding hydrogens is 260 g/mol. The Kier molecular flexibility index (Phi) is 3.83. The van der Waals surface area contributed by atoms with Crippen molar-refractivity contribution in [2.45, 2.75) is 11.8 Å². The summed E-state index contributed by atoms with van der Waals surface area (Å²) in [6.45, 7) is 2.03. The van der Waals surface area contributed by atoms with Crippen molar-refractivity contribution < 1.29 is 13.0 Å². The largest absolute Gasteiger partial charge is 0.294 e. The second-order valence-corrected chi connectivity index (χ2v) is 5.71. The lowest BCUT2D eigenvalue weighted by Crippen LogP contribution is -1.97. The van der Waals surface area contributed by atoms with E-state index in [9.17, 15) is 8.42 Å². The molecule has 0 atom stereocenters. The van der Waals surface area contributed by atoms with Gasteiger partial charge in [-0.2, -0.15) is 8.42 Å². The topological polar surface area (TPSA) is 54.4 Å². The molecule has 19 heavy (non-hydrogen) atoms. The highest BCUT2D eigenvalue weighted by molar-refractivity contribution is 7.85. The Labute approximate surface area is 113 Å². The molecule has 0 spiro atoms. The third kappa shape index (κ3) is 3.77. The van der Waals surface area contributed by atoms with E-state index < -0.39 is 10.1 Å². The fourth-order valence-corrected chi connectivity index (χ4v) is 2.10. The van der Waals surface area contributed by atoms with Crippen molar-refractivity contribution in [1.82, 2.24) is 0 Å². The first-order chi connectivity index (χ1) is 8.95. The highest BCUT2D eigenvalue weighted by atomic mass is 32.2. The molecule has 2 aromatic carbocycles. The predicted octanol–water partition coefficient (Wildman–Crippen LogP) is 3.41. The van der Waals surface area contributed by atoms with Gasteiger partial charge in [-0.25, -0.2) is 0 Å². The monoisotopic (exact) mass is 274 g/mol. The maximum absolute atomic E-state index is 10.9. The van der Waals surface area contributed by atoms with E-state index in [1.54, 1.807) is 12.1 Å². The van der Waals surface area contributed by atoms with Gasteiger partial charge in [-0.3, -0.25) is 4.55 Å². The smallest absolute Gasteiger partial charge is 0.282 e. The molecule has 0 aliphatic rings. The van der Waals surface area contributed by atoms with Gasteiger partial charge < -0.3 is 0 Å². The lowest BCUT2D eigenvalue weighted by atomic mass is 10.1. The molecule has 0 heterocycles. The molecule has 98 valence electrons. The van der Waals surface area contributed by atoms with Gasteiger partial charge in [-0.1, -0.05) is 54.1 Å². The summed E-state index contributed by atoms with van der Waals surface area (Å²) in [5.74, 6) is 0. The number of hydrogen-bond acceptors (Lipinski definition) is 2. The summed E-state index contributed by atoms with van der Waals surface area (Å²) in [5.41, 5.74) is 3.15. The van der Waals surface area contributed by atoms with Crippen LogP contribution in [0.2, 0.25) is 0 Å². The van der Waals surface area contributed by atoms with E-state index in [1.807, 2.05) is 43.3 Å². The third-order valence-corrected chi connectivity index (χ3v) is 3.59. The Bertz CT molecular complexity index is 681. The van der Waals surface area contributed by atoms with Gasteiger partial charge in [0.25, 0.3) is 10.1 Å². The van der Waals surface area contributed by atoms with E-state index in [0.29, 0.717) is 0 Å². The number of benzene rings is 2. The van der Waals surface area contributed by atoms with E-state index in [2.05, 4.69) is 0 Å². The summed E-state index contributed by atoms with van der Waals surface area (Å²) in [4.78, 5) is -0.0972. The summed E-state index contributed by atoms with van der Waals surface area (Å²) in [6.07, 6.45) is 3.83. The summed E-state index contributed by atoms with van der Waals surface area (Å²) < 4.78 is 30.7. The Hall–Kier alpha value is -1.91. The summed E-state index contributed by atoms with van der Waals surface area (Å²) in [6, 6.07) is 14.1. The first-order valence-electron chi connectivity index (χ1n) is 5.77. The number of rotatable bonds is 3. The Morgan fingerprint density at radius 1 is 0.842 bits per heavy atom. The van der Waals surface area contributed by atoms with Crippen LogP contribution >= 0.6 is 0 Å². The van der Waals surface area contributed by atoms with Crippen molar-refractivity contribution in [1.29, 1.82) is 0 Å². The van der Waals surface area contributed by atoms with Crippen LogP contribution in [0.4, 0.5) is 0 Å². The quantitative estimate of drug-likeness (QED) is 0.689. The van der Waals surface area contributed by atoms with E-state index in [1.165, 1.54) is 17.7 Å². The second-order valence-electron chi connectivity index (χ2n) is 4.29. The molecule has 1 N–H and O–H groups in total. The average Bonchev–Trinajstić information content (AvgIpc) is 2.37. The molecular formula is C15H14O3S. The summed E-state index contributed by atoms with van der Waals surface area (Å²) in [5, 5.41) is 0. The van der Waals surface area contributed by atoms with Crippen LogP contribution in [0.5, 0.6) is 0 Å². The normalized spacial score (nSPS) is 11.9. The van der Waals surface area contributed by atoms with Crippen LogP contribution in [0.1, 0.15) is 16.7 Å². The molecule has 0 saturated carbocycles. The zero-order chi connectivity index (χ0) is 13.9. The molecule has 0 radical (unpaired) electrons. The van der Waals surface area contributed by atoms with Gasteiger partial charge in [0.15, 0.2) is 0 Å². The maximum Gasteiger partial charge on any atom is 0.294 e. The van der Waals surface area contributed by atoms with Crippen LogP contribution in [-0.4, -0.2) is 13.0 Å². The molecule has 4 heteroatoms. The average molecular weight is 274 g/mol. The van der Waals surface area contributed by atoms with Gasteiger partial charge in [0.05, 0.1) is 4.90 Å². The number of aryl methyl sites for hydroxylation is 1. The number of hydrogen-bond donors (Lipinski definition) is 1. The van der Waals surface area contributed by atoms with Crippen molar-refractivity contribution >= 4 is 22.3 Å². The molecule has 2 aromatic rings. The van der Waals surface area contributed by atoms with Gasteiger partial charge in [0, 0.05) is 0 Å². The van der Waals surface area contributed by atoms with Gasteiger partial charge >= 0.3 is 0 Å². The van der Waals surface area contributed by atoms with Gasteiger partial charge in [0.2, 0.25) is 0 Å². The molecule has 2 rings (SSSR count). The Balaban J connectivity index is 2.18. The van der Waals surface area contributed by atoms with E-state index in [0.717, 1.165) is 11.1 Å². The van der Waals surface area contributed by atoms with Crippen LogP contribution < -0.4 is 0 Å². The predicted molar refractivity (Wildman–Crippen MR) is 76.4 cm³/mol. The minimum Gasteiger partial charge on any atom is -0.282 e. The van der Waals surface area contributed by atoms with Crippen LogP contribution in [0.15, 0.2) is 53.4 Å². The molecule has 3 nitrogen and oxygen atoms in total. The highest BCUT2D eigenvalue weighted by Gasteiger charge is 2.07. The van der Waals surface area contributed by atoms with Gasteiger partial charge in [-0.05, 0) is 30.2 Å². The highest BCUT2D eigenvalue weighted by Crippen LogP contribution is 2.13. The Morgan fingerprint density at radius 2 is 1.26 bits per heavy atom. The molecule has 0 aromatic heterocycles. The molecule has 0 bridgehead atoms. The SMILES string of the molecule is Cc1ccc(C=Cc2ccc(S(=O)(=O)O)cc2)cc1. The molecule has 0 saturated heterocycles. The standard InChI is InChI=1S/C15H14O3S/c1-12-2-4-13(5-3-12)6-7-14-8-10-15(11-9-14)19(16,17)18/h2-11H,1H3,(H,16,17,18). The summed E-state index contributed by atoms with van der Waals surface area (Å²) in [7, 11) is -4.12. The first-order valence-corrected chi connectivity index (χ1v) is 7.21. The van der Waals surface area contributed by atoms with Crippen LogP contribution in [-0.2, 0) is 10.1 Å². The lowest BCUT2D eigenvalue weighted by molar-refractivity contribution is 0.483. The van der Waals surface area contributed by atoms with Crippen molar-refractivity contribution in [3.8, 4) is 0 Å². The van der Waals surface area contributed by atoms with Gasteiger partial charge in [-0.15, -0.1) is 0 Å². The van der Waals surface area contributed by atoms with Crippen LogP contribution in [0.3, 0.4) is 0 Å². The minimum atomic E-state index is -4.12. The van der Waals surface area contributed by atoms with Gasteiger partial charge in [0.1, 0.15) is 0 Å². The third-order valence-electron chi connectivity index (χ3n) is 2.72. The molecule has 0 aliphatic carbocycles. The molecule has 0 fully saturated rings. The zero-order valence-electron chi connectivity index (χ0n) is 10.4. The Morgan fingerprint density at radius 3 is 1.68 bits per heavy atom. The lowest BCUT2D eigenvalue weighted by Gasteiger charge is -1.98. The van der Waals surface area contributed by atoms with E-state index in [-0.39, 0.29) is 4.90 Å². The molecule has 0 aliphatic heterocycles. The van der Waals surface area contributed by atoms with Crippen molar-refractivity contribution in [2.75, 3.05) is 0 Å². The second kappa shape index (κ2) is 5.38. The molecule has 0 unspecified atom stereocenters. The first kappa shape index (κ1) is 13.5. The van der Waals surface area contributed by atoms with Crippen molar-refractivity contribution in [3.05, 3.63) is 65.2 Å². The van der Waals surface area contributed by atoms with Crippen LogP contribution in [0.25, 0.3) is 12.2 Å². The maximum atomic E-state index is 10.9. The molecule has 0 amide bonds. The fourth-order valence-electron chi connectivity index (χ4n) is 1.62.